The van der Waals surface area contributed by atoms with Gasteiger partial charge in [-0.2, -0.15) is 0 Å². The minimum absolute atomic E-state index is 0.262. The van der Waals surface area contributed by atoms with Crippen molar-refractivity contribution in [2.75, 3.05) is 20.4 Å². The molecular formula is C16H20N2O3S. The number of rotatable bonds is 6. The zero-order valence-corrected chi connectivity index (χ0v) is 13.6. The van der Waals surface area contributed by atoms with Crippen molar-refractivity contribution in [3.8, 4) is 22.1 Å². The molecule has 0 amide bonds. The number of nitrogens with zero attached hydrogens (tertiary/aromatic N) is 2. The van der Waals surface area contributed by atoms with Gasteiger partial charge in [-0.15, -0.1) is 11.3 Å². The molecule has 6 heteroatoms. The molecule has 1 N–H and O–H groups in total. The Morgan fingerprint density at radius 3 is 3.00 bits per heavy atom. The fourth-order valence-corrected chi connectivity index (χ4v) is 3.11. The van der Waals surface area contributed by atoms with Crippen LogP contribution in [0.5, 0.6) is 11.5 Å². The predicted octanol–water partition coefficient (Wildman–Crippen LogP) is 2.74. The molecule has 22 heavy (non-hydrogen) atoms. The van der Waals surface area contributed by atoms with Crippen molar-refractivity contribution >= 4 is 11.3 Å². The quantitative estimate of drug-likeness (QED) is 0.887. The minimum Gasteiger partial charge on any atom is -0.454 e. The first-order chi connectivity index (χ1) is 10.6. The number of thiazole rings is 1. The van der Waals surface area contributed by atoms with Gasteiger partial charge in [0.1, 0.15) is 5.01 Å². The summed E-state index contributed by atoms with van der Waals surface area (Å²) in [6.45, 7) is 3.74. The summed E-state index contributed by atoms with van der Waals surface area (Å²) in [7, 11) is 2.04. The Bertz CT molecular complexity index is 642. The van der Waals surface area contributed by atoms with E-state index in [4.69, 9.17) is 14.5 Å². The van der Waals surface area contributed by atoms with Crippen molar-refractivity contribution in [3.05, 3.63) is 29.3 Å². The van der Waals surface area contributed by atoms with Crippen LogP contribution >= 0.6 is 11.3 Å². The normalized spacial score (nSPS) is 14.5. The monoisotopic (exact) mass is 320 g/mol. The number of fused-ring (bicyclic) bond motifs is 1. The SMILES string of the molecule is CC(O)CCN(C)Cc1csc(-c2ccc3c(c2)OCO3)n1. The van der Waals surface area contributed by atoms with E-state index < -0.39 is 0 Å². The molecule has 3 rings (SSSR count). The molecule has 118 valence electrons. The number of aliphatic hydroxyl groups is 1. The van der Waals surface area contributed by atoms with Crippen LogP contribution in [-0.4, -0.2) is 41.5 Å². The molecule has 2 heterocycles. The molecule has 1 aromatic heterocycles. The summed E-state index contributed by atoms with van der Waals surface area (Å²) in [6, 6.07) is 5.91. The molecule has 0 radical (unpaired) electrons. The molecule has 0 aliphatic carbocycles. The summed E-state index contributed by atoms with van der Waals surface area (Å²) >= 11 is 1.63. The van der Waals surface area contributed by atoms with Crippen LogP contribution in [0.15, 0.2) is 23.6 Å². The molecule has 0 fully saturated rings. The fraction of sp³-hybridized carbons (Fsp3) is 0.438. The molecule has 1 aliphatic rings. The van der Waals surface area contributed by atoms with Gasteiger partial charge in [0.2, 0.25) is 6.79 Å². The number of ether oxygens (including phenoxy) is 2. The average Bonchev–Trinajstić information content (AvgIpc) is 3.12. The van der Waals surface area contributed by atoms with E-state index in [0.717, 1.165) is 47.3 Å². The summed E-state index contributed by atoms with van der Waals surface area (Å²) in [4.78, 5) is 6.86. The summed E-state index contributed by atoms with van der Waals surface area (Å²) in [5.41, 5.74) is 2.10. The van der Waals surface area contributed by atoms with Crippen LogP contribution in [0.4, 0.5) is 0 Å². The lowest BCUT2D eigenvalue weighted by molar-refractivity contribution is 0.162. The van der Waals surface area contributed by atoms with Gasteiger partial charge in [0, 0.05) is 24.0 Å². The Labute approximate surface area is 134 Å². The van der Waals surface area contributed by atoms with Crippen molar-refractivity contribution in [1.29, 1.82) is 0 Å². The maximum Gasteiger partial charge on any atom is 0.231 e. The maximum atomic E-state index is 9.33. The summed E-state index contributed by atoms with van der Waals surface area (Å²) in [5.74, 6) is 1.57. The second-order valence-corrected chi connectivity index (χ2v) is 6.45. The summed E-state index contributed by atoms with van der Waals surface area (Å²) < 4.78 is 10.7. The molecule has 1 atom stereocenters. The fourth-order valence-electron chi connectivity index (χ4n) is 2.30. The summed E-state index contributed by atoms with van der Waals surface area (Å²) in [6.07, 6.45) is 0.512. The van der Waals surface area contributed by atoms with Crippen LogP contribution in [0.1, 0.15) is 19.0 Å². The Morgan fingerprint density at radius 1 is 1.36 bits per heavy atom. The zero-order valence-electron chi connectivity index (χ0n) is 12.8. The predicted molar refractivity (Wildman–Crippen MR) is 86.3 cm³/mol. The topological polar surface area (TPSA) is 54.8 Å². The van der Waals surface area contributed by atoms with Crippen LogP contribution < -0.4 is 9.47 Å². The van der Waals surface area contributed by atoms with E-state index in [9.17, 15) is 5.11 Å². The molecule has 0 saturated carbocycles. The van der Waals surface area contributed by atoms with Gasteiger partial charge in [0.25, 0.3) is 0 Å². The van der Waals surface area contributed by atoms with Gasteiger partial charge in [-0.3, -0.25) is 0 Å². The number of hydrogen-bond donors (Lipinski definition) is 1. The molecule has 1 unspecified atom stereocenters. The van der Waals surface area contributed by atoms with Gasteiger partial charge in [-0.1, -0.05) is 0 Å². The van der Waals surface area contributed by atoms with E-state index in [-0.39, 0.29) is 12.9 Å². The first-order valence-corrected chi connectivity index (χ1v) is 8.21. The van der Waals surface area contributed by atoms with Crippen molar-refractivity contribution in [2.24, 2.45) is 0 Å². The highest BCUT2D eigenvalue weighted by atomic mass is 32.1. The third-order valence-electron chi connectivity index (χ3n) is 3.53. The Morgan fingerprint density at radius 2 is 2.18 bits per heavy atom. The van der Waals surface area contributed by atoms with Crippen molar-refractivity contribution in [3.63, 3.8) is 0 Å². The third-order valence-corrected chi connectivity index (χ3v) is 4.47. The second-order valence-electron chi connectivity index (χ2n) is 5.59. The Hall–Kier alpha value is -1.63. The van der Waals surface area contributed by atoms with Crippen molar-refractivity contribution in [2.45, 2.75) is 26.0 Å². The van der Waals surface area contributed by atoms with Gasteiger partial charge in [0.15, 0.2) is 11.5 Å². The number of hydrogen-bond acceptors (Lipinski definition) is 6. The molecular weight excluding hydrogens is 300 g/mol. The largest absolute Gasteiger partial charge is 0.454 e. The lowest BCUT2D eigenvalue weighted by Crippen LogP contribution is -2.22. The van der Waals surface area contributed by atoms with Crippen molar-refractivity contribution < 1.29 is 14.6 Å². The molecule has 1 aromatic carbocycles. The van der Waals surface area contributed by atoms with Gasteiger partial charge < -0.3 is 19.5 Å². The lowest BCUT2D eigenvalue weighted by atomic mass is 10.2. The van der Waals surface area contributed by atoms with E-state index in [1.165, 1.54) is 0 Å². The van der Waals surface area contributed by atoms with E-state index in [1.54, 1.807) is 11.3 Å². The third kappa shape index (κ3) is 3.58. The van der Waals surface area contributed by atoms with Crippen LogP contribution in [0.2, 0.25) is 0 Å². The van der Waals surface area contributed by atoms with Gasteiger partial charge in [-0.25, -0.2) is 4.98 Å². The van der Waals surface area contributed by atoms with Crippen LogP contribution in [0.3, 0.4) is 0 Å². The first kappa shape index (κ1) is 15.3. The number of aromatic nitrogens is 1. The lowest BCUT2D eigenvalue weighted by Gasteiger charge is -2.15. The van der Waals surface area contributed by atoms with Crippen LogP contribution in [0.25, 0.3) is 10.6 Å². The highest BCUT2D eigenvalue weighted by molar-refractivity contribution is 7.13. The molecule has 0 saturated heterocycles. The second kappa shape index (κ2) is 6.64. The van der Waals surface area contributed by atoms with Gasteiger partial charge in [0.05, 0.1) is 11.8 Å². The van der Waals surface area contributed by atoms with Crippen molar-refractivity contribution in [1.82, 2.24) is 9.88 Å². The highest BCUT2D eigenvalue weighted by Crippen LogP contribution is 2.36. The average molecular weight is 320 g/mol. The van der Waals surface area contributed by atoms with Crippen LogP contribution in [-0.2, 0) is 6.54 Å². The Balaban J connectivity index is 1.66. The van der Waals surface area contributed by atoms with Crippen LogP contribution in [0, 0.1) is 0 Å². The smallest absolute Gasteiger partial charge is 0.231 e. The van der Waals surface area contributed by atoms with Gasteiger partial charge in [-0.05, 0) is 38.6 Å². The Kier molecular flexibility index (Phi) is 4.61. The van der Waals surface area contributed by atoms with Gasteiger partial charge >= 0.3 is 0 Å². The van der Waals surface area contributed by atoms with E-state index in [2.05, 4.69) is 10.3 Å². The zero-order chi connectivity index (χ0) is 15.5. The molecule has 2 aromatic rings. The molecule has 5 nitrogen and oxygen atoms in total. The number of benzene rings is 1. The molecule has 1 aliphatic heterocycles. The van der Waals surface area contributed by atoms with E-state index in [1.807, 2.05) is 32.2 Å². The summed E-state index contributed by atoms with van der Waals surface area (Å²) in [5, 5.41) is 12.4. The minimum atomic E-state index is -0.262. The number of aliphatic hydroxyl groups excluding tert-OH is 1. The molecule has 0 spiro atoms. The first-order valence-electron chi connectivity index (χ1n) is 7.33. The van der Waals surface area contributed by atoms with E-state index >= 15 is 0 Å². The van der Waals surface area contributed by atoms with E-state index in [0.29, 0.717) is 0 Å². The maximum absolute atomic E-state index is 9.33. The molecule has 0 bridgehead atoms. The standard InChI is InChI=1S/C16H20N2O3S/c1-11(19)5-6-18(2)8-13-9-22-16(17-13)12-3-4-14-15(7-12)21-10-20-14/h3-4,7,9,11,19H,5-6,8,10H2,1-2H3. The highest BCUT2D eigenvalue weighted by Gasteiger charge is 2.15.